The number of nitrogens with one attached hydrogen (secondary N) is 4. The van der Waals surface area contributed by atoms with Crippen LogP contribution in [0.15, 0.2) is 78.9 Å². The van der Waals surface area contributed by atoms with Gasteiger partial charge in [-0.1, -0.05) is 78.9 Å². The summed E-state index contributed by atoms with van der Waals surface area (Å²) in [5.41, 5.74) is 4.43. The molecule has 3 atom stereocenters. The number of carboxylic acid groups (broad SMARTS) is 1. The number of hydrogen-bond acceptors (Lipinski definition) is 7. The van der Waals surface area contributed by atoms with Crippen molar-refractivity contribution in [3.05, 3.63) is 95.6 Å². The van der Waals surface area contributed by atoms with Crippen molar-refractivity contribution in [2.45, 2.75) is 83.0 Å². The summed E-state index contributed by atoms with van der Waals surface area (Å²) in [6.07, 6.45) is -0.218. The zero-order chi connectivity index (χ0) is 36.3. The number of ether oxygens (including phenoxy) is 2. The highest BCUT2D eigenvalue weighted by atomic mass is 16.6. The zero-order valence-corrected chi connectivity index (χ0v) is 28.9. The Kier molecular flexibility index (Phi) is 13.0. The fraction of sp³-hybridized carbons (Fsp3) is 0.395. The monoisotopic (exact) mass is 686 g/mol. The maximum Gasteiger partial charge on any atom is 0.408 e. The molecule has 4 amide bonds. The van der Waals surface area contributed by atoms with Gasteiger partial charge in [0, 0.05) is 18.9 Å². The molecule has 0 aromatic heterocycles. The Hall–Kier alpha value is -5.39. The minimum absolute atomic E-state index is 0.0634. The van der Waals surface area contributed by atoms with E-state index in [-0.39, 0.29) is 31.9 Å². The number of aliphatic carboxylic acids is 1. The Morgan fingerprint density at radius 2 is 1.32 bits per heavy atom. The van der Waals surface area contributed by atoms with Crippen molar-refractivity contribution < 1.29 is 38.6 Å². The minimum atomic E-state index is -1.22. The molecule has 1 aliphatic carbocycles. The molecular weight excluding hydrogens is 640 g/mol. The quantitative estimate of drug-likeness (QED) is 0.140. The highest BCUT2D eigenvalue weighted by Gasteiger charge is 2.31. The molecule has 12 heteroatoms. The molecule has 0 bridgehead atoms. The zero-order valence-electron chi connectivity index (χ0n) is 28.9. The maximum atomic E-state index is 13.6. The Labute approximate surface area is 292 Å². The topological polar surface area (TPSA) is 172 Å². The first-order chi connectivity index (χ1) is 23.8. The van der Waals surface area contributed by atoms with Crippen LogP contribution in [0, 0.1) is 0 Å². The number of carbonyl (C=O) groups excluding carboxylic acids is 4. The molecule has 3 aromatic carbocycles. The number of amides is 4. The Balaban J connectivity index is 1.33. The van der Waals surface area contributed by atoms with E-state index in [1.54, 1.807) is 45.0 Å². The third-order valence-corrected chi connectivity index (χ3v) is 8.18. The van der Waals surface area contributed by atoms with E-state index in [0.717, 1.165) is 27.8 Å². The second kappa shape index (κ2) is 17.3. The van der Waals surface area contributed by atoms with E-state index in [9.17, 15) is 29.1 Å². The van der Waals surface area contributed by atoms with Crippen molar-refractivity contribution >= 4 is 30.0 Å². The molecule has 50 heavy (non-hydrogen) atoms. The number of hydrogen-bond donors (Lipinski definition) is 5. The van der Waals surface area contributed by atoms with Crippen molar-refractivity contribution in [2.24, 2.45) is 0 Å². The number of carboxylic acids is 1. The third-order valence-electron chi connectivity index (χ3n) is 8.18. The first-order valence-corrected chi connectivity index (χ1v) is 16.8. The van der Waals surface area contributed by atoms with Crippen LogP contribution in [0.2, 0.25) is 0 Å². The summed E-state index contributed by atoms with van der Waals surface area (Å²) in [6, 6.07) is 21.7. The van der Waals surface area contributed by atoms with Crippen LogP contribution in [0.1, 0.15) is 69.6 Å². The summed E-state index contributed by atoms with van der Waals surface area (Å²) in [7, 11) is 0. The smallest absolute Gasteiger partial charge is 0.408 e. The normalized spacial score (nSPS) is 13.8. The predicted molar refractivity (Wildman–Crippen MR) is 187 cm³/mol. The van der Waals surface area contributed by atoms with Crippen molar-refractivity contribution in [3.8, 4) is 11.1 Å². The van der Waals surface area contributed by atoms with E-state index in [4.69, 9.17) is 9.47 Å². The van der Waals surface area contributed by atoms with E-state index < -0.39 is 53.7 Å². The second-order valence-electron chi connectivity index (χ2n) is 13.3. The van der Waals surface area contributed by atoms with E-state index in [0.29, 0.717) is 12.8 Å². The summed E-state index contributed by atoms with van der Waals surface area (Å²) in [6.45, 7) is 6.86. The summed E-state index contributed by atoms with van der Waals surface area (Å²) in [5, 5.41) is 19.7. The molecule has 0 unspecified atom stereocenters. The van der Waals surface area contributed by atoms with Gasteiger partial charge in [-0.15, -0.1) is 0 Å². The van der Waals surface area contributed by atoms with Crippen LogP contribution >= 0.6 is 0 Å². The van der Waals surface area contributed by atoms with Gasteiger partial charge in [-0.3, -0.25) is 14.4 Å². The molecule has 1 aliphatic rings. The van der Waals surface area contributed by atoms with Gasteiger partial charge in [0.25, 0.3) is 0 Å². The molecule has 12 nitrogen and oxygen atoms in total. The number of alkyl carbamates (subject to hydrolysis) is 2. The van der Waals surface area contributed by atoms with Gasteiger partial charge in [0.05, 0.1) is 0 Å². The molecule has 3 aromatic rings. The molecule has 266 valence electrons. The lowest BCUT2D eigenvalue weighted by atomic mass is 9.98. The van der Waals surface area contributed by atoms with Crippen molar-refractivity contribution in [1.29, 1.82) is 0 Å². The van der Waals surface area contributed by atoms with Gasteiger partial charge in [0.1, 0.15) is 30.3 Å². The van der Waals surface area contributed by atoms with E-state index in [1.807, 2.05) is 42.5 Å². The van der Waals surface area contributed by atoms with Crippen molar-refractivity contribution in [3.63, 3.8) is 0 Å². The molecule has 0 saturated carbocycles. The Bertz CT molecular complexity index is 1610. The van der Waals surface area contributed by atoms with Crippen molar-refractivity contribution in [2.75, 3.05) is 13.2 Å². The molecule has 5 N–H and O–H groups in total. The van der Waals surface area contributed by atoms with Crippen LogP contribution < -0.4 is 21.3 Å². The van der Waals surface area contributed by atoms with Crippen molar-refractivity contribution in [1.82, 2.24) is 21.3 Å². The highest BCUT2D eigenvalue weighted by Crippen LogP contribution is 2.44. The standard InChI is InChI=1S/C38H46N4O8/c1-24(35(45)46)40-34(44)32(22-25-14-6-5-7-15-25)41-33(43)31(42-37(48)50-38(2,3)4)20-12-13-21-39-36(47)49-23-30-28-18-10-8-16-26(28)27-17-9-11-19-29(27)30/h5-11,14-19,24,30-32H,12-13,20-23H2,1-4H3,(H,39,47)(H,40,44)(H,41,43)(H,42,48)(H,45,46)/t24-,31-,32-/m0/s1. The lowest BCUT2D eigenvalue weighted by Crippen LogP contribution is -2.56. The van der Waals surface area contributed by atoms with Gasteiger partial charge in [-0.05, 0) is 74.8 Å². The molecule has 0 heterocycles. The average molecular weight is 687 g/mol. The summed E-state index contributed by atoms with van der Waals surface area (Å²) >= 11 is 0. The SMILES string of the molecule is C[C@H](NC(=O)[C@H](Cc1ccccc1)NC(=O)[C@H](CCCCNC(=O)OCC1c2ccccc2-c2ccccc21)NC(=O)OC(C)(C)C)C(=O)O. The number of rotatable bonds is 15. The summed E-state index contributed by atoms with van der Waals surface area (Å²) in [4.78, 5) is 63.3. The van der Waals surface area contributed by atoms with Gasteiger partial charge in [-0.25, -0.2) is 9.59 Å². The minimum Gasteiger partial charge on any atom is -0.480 e. The maximum absolute atomic E-state index is 13.6. The summed E-state index contributed by atoms with van der Waals surface area (Å²) < 4.78 is 11.0. The molecule has 0 spiro atoms. The molecule has 4 rings (SSSR count). The van der Waals surface area contributed by atoms with Crippen LogP contribution in [0.25, 0.3) is 11.1 Å². The second-order valence-corrected chi connectivity index (χ2v) is 13.3. The van der Waals surface area contributed by atoms with E-state index in [1.165, 1.54) is 6.92 Å². The van der Waals surface area contributed by atoms with Gasteiger partial charge in [0.15, 0.2) is 0 Å². The summed E-state index contributed by atoms with van der Waals surface area (Å²) in [5.74, 6) is -2.61. The van der Waals surface area contributed by atoms with Gasteiger partial charge in [0.2, 0.25) is 11.8 Å². The Morgan fingerprint density at radius 1 is 0.740 bits per heavy atom. The number of carbonyl (C=O) groups is 5. The molecule has 0 radical (unpaired) electrons. The lowest BCUT2D eigenvalue weighted by Gasteiger charge is -2.26. The third kappa shape index (κ3) is 10.8. The van der Waals surface area contributed by atoms with Gasteiger partial charge < -0.3 is 35.8 Å². The van der Waals surface area contributed by atoms with E-state index in [2.05, 4.69) is 33.4 Å². The highest BCUT2D eigenvalue weighted by molar-refractivity contribution is 5.93. The molecule has 0 fully saturated rings. The average Bonchev–Trinajstić information content (AvgIpc) is 3.39. The predicted octanol–water partition coefficient (Wildman–Crippen LogP) is 4.91. The largest absolute Gasteiger partial charge is 0.480 e. The number of unbranched alkanes of at least 4 members (excludes halogenated alkanes) is 1. The Morgan fingerprint density at radius 3 is 1.92 bits per heavy atom. The number of benzene rings is 3. The van der Waals surface area contributed by atoms with Crippen LogP contribution in [-0.2, 0) is 30.3 Å². The van der Waals surface area contributed by atoms with Gasteiger partial charge >= 0.3 is 18.2 Å². The van der Waals surface area contributed by atoms with Gasteiger partial charge in [-0.2, -0.15) is 0 Å². The fourth-order valence-corrected chi connectivity index (χ4v) is 5.74. The lowest BCUT2D eigenvalue weighted by molar-refractivity contribution is -0.141. The van der Waals surface area contributed by atoms with Crippen LogP contribution in [0.4, 0.5) is 9.59 Å². The molecule has 0 aliphatic heterocycles. The van der Waals surface area contributed by atoms with Crippen LogP contribution in [0.5, 0.6) is 0 Å². The van der Waals surface area contributed by atoms with Crippen LogP contribution in [0.3, 0.4) is 0 Å². The first-order valence-electron chi connectivity index (χ1n) is 16.8. The number of fused-ring (bicyclic) bond motifs is 3. The first kappa shape index (κ1) is 37.4. The van der Waals surface area contributed by atoms with E-state index >= 15 is 0 Å². The molecular formula is C38H46N4O8. The fourth-order valence-electron chi connectivity index (χ4n) is 5.74. The molecule has 0 saturated heterocycles. The van der Waals surface area contributed by atoms with Crippen LogP contribution in [-0.4, -0.2) is 72.0 Å².